The summed E-state index contributed by atoms with van der Waals surface area (Å²) in [6.45, 7) is 2.84. The molecule has 16 N–H and O–H groups in total. The molecule has 0 spiro atoms. The second-order valence-electron chi connectivity index (χ2n) is 18.7. The molecule has 6 rings (SSSR count). The van der Waals surface area contributed by atoms with Gasteiger partial charge in [0, 0.05) is 72.0 Å². The van der Waals surface area contributed by atoms with Gasteiger partial charge in [-0.1, -0.05) is 71.8 Å². The predicted octanol–water partition coefficient (Wildman–Crippen LogP) is -1.03. The van der Waals surface area contributed by atoms with Gasteiger partial charge >= 0.3 is 0 Å². The Kier molecular flexibility index (Phi) is 25.0. The molecule has 0 saturated heterocycles. The van der Waals surface area contributed by atoms with Gasteiger partial charge in [0.2, 0.25) is 35.4 Å². The van der Waals surface area contributed by atoms with Crippen LogP contribution in [0, 0.1) is 0 Å². The highest BCUT2D eigenvalue weighted by Gasteiger charge is 2.33. The van der Waals surface area contributed by atoms with E-state index in [9.17, 15) is 48.6 Å². The van der Waals surface area contributed by atoms with Gasteiger partial charge in [-0.2, -0.15) is 0 Å². The second-order valence-corrected chi connectivity index (χ2v) is 21.3. The van der Waals surface area contributed by atoms with E-state index in [2.05, 4.69) is 72.4 Å². The predicted molar refractivity (Wildman–Crippen MR) is 310 cm³/mol. The molecule has 0 saturated carbocycles. The van der Waals surface area contributed by atoms with Crippen molar-refractivity contribution >= 4 is 90.7 Å². The van der Waals surface area contributed by atoms with E-state index >= 15 is 0 Å². The average molecular weight is 1170 g/mol. The minimum Gasteiger partial charge on any atom is -0.394 e. The van der Waals surface area contributed by atoms with Crippen LogP contribution in [-0.2, 0) is 54.5 Å². The highest BCUT2D eigenvalue weighted by Crippen LogP contribution is 2.24. The van der Waals surface area contributed by atoms with E-state index in [1.165, 1.54) is 25.0 Å². The number of rotatable bonds is 33. The smallest absolute Gasteiger partial charge is 0.253 e. The first-order valence-corrected chi connectivity index (χ1v) is 29.2. The van der Waals surface area contributed by atoms with Crippen molar-refractivity contribution < 1.29 is 48.6 Å². The van der Waals surface area contributed by atoms with Crippen molar-refractivity contribution in [1.29, 1.82) is 0 Å². The molecule has 6 atom stereocenters. The molecule has 2 aromatic carbocycles. The number of nitrogens with one attached hydrogen (secondary N) is 10. The Morgan fingerprint density at radius 2 is 0.902 bits per heavy atom. The van der Waals surface area contributed by atoms with Crippen LogP contribution in [0.4, 0.5) is 0 Å². The summed E-state index contributed by atoms with van der Waals surface area (Å²) in [5.41, 5.74) is 14.9. The third-order valence-electron chi connectivity index (χ3n) is 12.8. The van der Waals surface area contributed by atoms with Crippen LogP contribution in [0.25, 0.3) is 21.8 Å². The molecule has 0 radical (unpaired) electrons. The van der Waals surface area contributed by atoms with Crippen molar-refractivity contribution in [2.45, 2.75) is 88.6 Å². The number of nitrogens with zero attached hydrogens (tertiary/aromatic N) is 4. The maximum atomic E-state index is 14.3. The Morgan fingerprint density at radius 1 is 0.524 bits per heavy atom. The van der Waals surface area contributed by atoms with Crippen molar-refractivity contribution in [3.63, 3.8) is 0 Å². The molecule has 26 nitrogen and oxygen atoms in total. The van der Waals surface area contributed by atoms with Gasteiger partial charge in [0.15, 0.2) is 0 Å². The third-order valence-corrected chi connectivity index (χ3v) is 15.2. The van der Waals surface area contributed by atoms with Gasteiger partial charge in [-0.3, -0.25) is 48.3 Å². The number of aliphatic hydroxyl groups excluding tert-OH is 2. The molecule has 4 heterocycles. The summed E-state index contributed by atoms with van der Waals surface area (Å²) in [7, 11) is 2.15. The quantitative estimate of drug-likeness (QED) is 0.0173. The van der Waals surface area contributed by atoms with Crippen molar-refractivity contribution in [2.24, 2.45) is 11.5 Å². The number of H-pyrrole nitrogens is 2. The van der Waals surface area contributed by atoms with E-state index in [4.69, 9.17) is 11.5 Å². The summed E-state index contributed by atoms with van der Waals surface area (Å²) in [5.74, 6) is -6.19. The van der Waals surface area contributed by atoms with Gasteiger partial charge in [0.1, 0.15) is 36.3 Å². The monoisotopic (exact) mass is 1170 g/mol. The van der Waals surface area contributed by atoms with Gasteiger partial charge in [0.25, 0.3) is 11.8 Å². The molecule has 4 aromatic heterocycles. The van der Waals surface area contributed by atoms with Gasteiger partial charge in [-0.15, -0.1) is 0 Å². The number of aliphatic hydroxyl groups is 2. The van der Waals surface area contributed by atoms with E-state index in [0.717, 1.165) is 21.6 Å². The molecular formula is C54H70N16O10S2. The number of fused-ring (bicyclic) bond motifs is 2. The van der Waals surface area contributed by atoms with E-state index in [1.807, 2.05) is 38.1 Å². The third kappa shape index (κ3) is 18.2. The standard InChI is InChI=1S/C54H70N16O10S2/c1-3-37-35(19-31-11-5-7-13-39(31)63-37)47(73)67-43(25-71)53(79)65-41(21-33-23-57-29-61-33)51(77)69-45(49(75)59-17-9-15-55)27-81-82-28-46(50(76)60-18-10-16-56)70-52(78)42(22-34-24-58-30-62-34)66-54(80)44(26-72)68-48(74)36-20-32-12-6-8-14-40(32)64-38(36)4-2/h5-8,11-14,19-20,23-24,29-30,41-46,71-72H,3-4,9-10,15-18,21-22,25-28,55-56H2,1-2H3,(H,57,61)(H,58,62)(H,59,75)(H,60,76)(H,65,79)(H,66,80)(H,67,73)(H,68,74)(H,69,77)(H,70,78)/t41-,42-,43-,44-,45-,46-/m0/s1. The highest BCUT2D eigenvalue weighted by atomic mass is 33.1. The van der Waals surface area contributed by atoms with Gasteiger partial charge < -0.3 is 74.2 Å². The van der Waals surface area contributed by atoms with E-state index in [-0.39, 0.29) is 61.7 Å². The van der Waals surface area contributed by atoms with E-state index < -0.39 is 96.7 Å². The molecular weight excluding hydrogens is 1100 g/mol. The van der Waals surface area contributed by atoms with Crippen LogP contribution in [-0.4, -0.2) is 175 Å². The fraction of sp³-hybridized carbons (Fsp3) is 0.407. The Hall–Kier alpha value is -8.02. The van der Waals surface area contributed by atoms with Gasteiger partial charge in [0.05, 0.1) is 59.4 Å². The number of aromatic nitrogens is 6. The SMILES string of the molecule is CCc1nc2ccccc2cc1C(=O)N[C@@H](CO)C(=O)N[C@@H](Cc1cnc[nH]1)C(=O)N[C@@H](CSSC[C@H](NC(=O)[C@H](Cc1cnc[nH]1)NC(=O)[C@H](CO)NC(=O)c1cc2ccccc2nc1CC)C(=O)NCCCN)C(=O)NCCCN. The summed E-state index contributed by atoms with van der Waals surface area (Å²) in [4.78, 5) is 134. The zero-order valence-corrected chi connectivity index (χ0v) is 47.0. The molecule has 0 aliphatic rings. The highest BCUT2D eigenvalue weighted by molar-refractivity contribution is 8.76. The molecule has 0 aliphatic carbocycles. The van der Waals surface area contributed by atoms with Crippen molar-refractivity contribution in [2.75, 3.05) is 50.9 Å². The minimum absolute atomic E-state index is 0.109. The summed E-state index contributed by atoms with van der Waals surface area (Å²) in [6.07, 6.45) is 6.95. The zero-order valence-electron chi connectivity index (χ0n) is 45.4. The summed E-state index contributed by atoms with van der Waals surface area (Å²) in [6, 6.07) is 9.45. The second kappa shape index (κ2) is 32.4. The Morgan fingerprint density at radius 3 is 1.26 bits per heavy atom. The molecule has 82 heavy (non-hydrogen) atoms. The van der Waals surface area contributed by atoms with Gasteiger partial charge in [-0.05, 0) is 63.0 Å². The summed E-state index contributed by atoms with van der Waals surface area (Å²) < 4.78 is 0. The number of amides is 8. The molecule has 438 valence electrons. The van der Waals surface area contributed by atoms with Crippen molar-refractivity contribution in [3.05, 3.63) is 120 Å². The van der Waals surface area contributed by atoms with Gasteiger partial charge in [-0.25, -0.2) is 9.97 Å². The normalized spacial score (nSPS) is 13.4. The minimum atomic E-state index is -1.51. The van der Waals surface area contributed by atoms with Crippen LogP contribution in [0.1, 0.15) is 70.2 Å². The lowest BCUT2D eigenvalue weighted by Crippen LogP contribution is -2.58. The van der Waals surface area contributed by atoms with Crippen LogP contribution in [0.5, 0.6) is 0 Å². The number of hydrogen-bond donors (Lipinski definition) is 14. The molecule has 0 fully saturated rings. The Labute approximate surface area is 480 Å². The number of imidazole rings is 2. The molecule has 0 unspecified atom stereocenters. The topological polar surface area (TPSA) is 408 Å². The molecule has 0 aliphatic heterocycles. The van der Waals surface area contributed by atoms with Crippen molar-refractivity contribution in [3.8, 4) is 0 Å². The lowest BCUT2D eigenvalue weighted by Gasteiger charge is -2.25. The number of pyridine rings is 2. The van der Waals surface area contributed by atoms with Crippen LogP contribution >= 0.6 is 21.6 Å². The number of aromatic amines is 2. The largest absolute Gasteiger partial charge is 0.394 e. The number of aryl methyl sites for hydroxylation is 2. The number of nitrogens with two attached hydrogens (primary N) is 2. The lowest BCUT2D eigenvalue weighted by molar-refractivity contribution is -0.132. The van der Waals surface area contributed by atoms with E-state index in [1.54, 1.807) is 36.4 Å². The number of hydrogen-bond acceptors (Lipinski definition) is 18. The number of para-hydroxylation sites is 2. The lowest BCUT2D eigenvalue weighted by atomic mass is 10.1. The maximum absolute atomic E-state index is 14.3. The summed E-state index contributed by atoms with van der Waals surface area (Å²) >= 11 is 0. The number of benzene rings is 2. The molecule has 0 bridgehead atoms. The maximum Gasteiger partial charge on any atom is 0.253 e. The first kappa shape index (κ1) is 63.2. The molecule has 28 heteroatoms. The van der Waals surface area contributed by atoms with Crippen LogP contribution in [0.3, 0.4) is 0 Å². The van der Waals surface area contributed by atoms with Crippen LogP contribution < -0.4 is 54.0 Å². The number of carbonyl (C=O) groups is 8. The Balaban J connectivity index is 1.14. The average Bonchev–Trinajstić information content (AvgIpc) is 4.36. The van der Waals surface area contributed by atoms with Crippen molar-refractivity contribution in [1.82, 2.24) is 72.4 Å². The first-order chi connectivity index (χ1) is 39.7. The molecule has 6 aromatic rings. The fourth-order valence-electron chi connectivity index (χ4n) is 8.32. The van der Waals surface area contributed by atoms with Crippen LogP contribution in [0.2, 0.25) is 0 Å². The summed E-state index contributed by atoms with van der Waals surface area (Å²) in [5, 5.41) is 43.4. The zero-order chi connectivity index (χ0) is 59.0. The number of carbonyl (C=O) groups excluding carboxylic acids is 8. The fourth-order valence-corrected chi connectivity index (χ4v) is 10.6. The Bertz CT molecular complexity index is 2910. The van der Waals surface area contributed by atoms with E-state index in [0.29, 0.717) is 70.3 Å². The first-order valence-electron chi connectivity index (χ1n) is 26.7. The molecule has 8 amide bonds. The van der Waals surface area contributed by atoms with Crippen LogP contribution in [0.15, 0.2) is 85.7 Å².